The summed E-state index contributed by atoms with van der Waals surface area (Å²) in [5.74, 6) is 1.15. The van der Waals surface area contributed by atoms with Gasteiger partial charge in [0, 0.05) is 16.5 Å². The zero-order chi connectivity index (χ0) is 22.0. The number of guanidine groups is 1. The van der Waals surface area contributed by atoms with Gasteiger partial charge in [-0.2, -0.15) is 0 Å². The predicted molar refractivity (Wildman–Crippen MR) is 129 cm³/mol. The molecule has 0 bridgehead atoms. The van der Waals surface area contributed by atoms with E-state index >= 15 is 0 Å². The third-order valence-corrected chi connectivity index (χ3v) is 6.00. The Labute approximate surface area is 187 Å². The second-order valence-corrected chi connectivity index (χ2v) is 8.52. The number of aryl methyl sites for hydroxylation is 1. The van der Waals surface area contributed by atoms with Gasteiger partial charge in [-0.15, -0.1) is 0 Å². The number of nitrogens with zero attached hydrogens (tertiary/aromatic N) is 3. The first kappa shape index (κ1) is 21.3. The molecule has 2 aromatic carbocycles. The average molecular weight is 435 g/mol. The molecular weight excluding hydrogens is 408 g/mol. The molecule has 1 aromatic heterocycles. The van der Waals surface area contributed by atoms with Crippen LogP contribution in [-0.4, -0.2) is 28.0 Å². The summed E-state index contributed by atoms with van der Waals surface area (Å²) in [4.78, 5) is 11.4. The molecule has 0 radical (unpaired) electrons. The first-order valence-electron chi connectivity index (χ1n) is 10.5. The fraction of sp³-hybridized carbons (Fsp3) is 0.292. The fourth-order valence-corrected chi connectivity index (χ4v) is 4.28. The highest BCUT2D eigenvalue weighted by molar-refractivity contribution is 6.30. The minimum absolute atomic E-state index is 0.0449. The number of rotatable bonds is 4. The second-order valence-electron chi connectivity index (χ2n) is 8.08. The number of benzene rings is 2. The van der Waals surface area contributed by atoms with Crippen LogP contribution in [0.4, 0.5) is 5.82 Å². The summed E-state index contributed by atoms with van der Waals surface area (Å²) in [6.45, 7) is 2.03. The van der Waals surface area contributed by atoms with E-state index in [4.69, 9.17) is 38.4 Å². The molecule has 160 valence electrons. The molecule has 3 aromatic rings. The normalized spacial score (nSPS) is 19.1. The van der Waals surface area contributed by atoms with Gasteiger partial charge in [0.25, 0.3) is 0 Å². The monoisotopic (exact) mass is 434 g/mol. The summed E-state index contributed by atoms with van der Waals surface area (Å²) < 4.78 is 0. The smallest absolute Gasteiger partial charge is 0.194 e. The number of nitrogens with one attached hydrogen (secondary N) is 1. The molecule has 1 aliphatic rings. The highest BCUT2D eigenvalue weighted by Crippen LogP contribution is 2.31. The number of fused-ring (bicyclic) bond motifs is 1. The lowest BCUT2D eigenvalue weighted by Gasteiger charge is -2.38. The Balaban J connectivity index is 1.82. The van der Waals surface area contributed by atoms with Crippen molar-refractivity contribution in [2.45, 2.75) is 44.7 Å². The topological polar surface area (TPSA) is 105 Å². The maximum absolute atomic E-state index is 8.33. The van der Waals surface area contributed by atoms with E-state index in [1.165, 1.54) is 0 Å². The largest absolute Gasteiger partial charge is 0.370 e. The number of halogens is 1. The van der Waals surface area contributed by atoms with Gasteiger partial charge in [-0.3, -0.25) is 10.3 Å². The van der Waals surface area contributed by atoms with E-state index in [1.54, 1.807) is 4.90 Å². The number of hydrogen-bond donors (Lipinski definition) is 3. The van der Waals surface area contributed by atoms with Crippen molar-refractivity contribution in [2.24, 2.45) is 11.5 Å². The van der Waals surface area contributed by atoms with E-state index in [9.17, 15) is 0 Å². The van der Waals surface area contributed by atoms with E-state index in [0.29, 0.717) is 16.7 Å². The summed E-state index contributed by atoms with van der Waals surface area (Å²) in [6, 6.07) is 13.5. The third-order valence-electron chi connectivity index (χ3n) is 5.74. The molecule has 31 heavy (non-hydrogen) atoms. The Morgan fingerprint density at radius 1 is 1.10 bits per heavy atom. The van der Waals surface area contributed by atoms with Gasteiger partial charge in [-0.1, -0.05) is 54.3 Å². The van der Waals surface area contributed by atoms with Crippen molar-refractivity contribution in [3.8, 4) is 0 Å². The predicted octanol–water partition coefficient (Wildman–Crippen LogP) is 4.73. The Morgan fingerprint density at radius 3 is 2.55 bits per heavy atom. The highest BCUT2D eigenvalue weighted by Gasteiger charge is 2.31. The molecule has 2 atom stereocenters. The molecule has 1 saturated carbocycles. The second kappa shape index (κ2) is 9.04. The van der Waals surface area contributed by atoms with Crippen LogP contribution in [0.15, 0.2) is 42.5 Å². The quantitative estimate of drug-likeness (QED) is 0.406. The van der Waals surface area contributed by atoms with Gasteiger partial charge in [0.1, 0.15) is 5.82 Å². The molecule has 0 unspecified atom stereocenters. The lowest BCUT2D eigenvalue weighted by molar-refractivity contribution is 0.382. The Hall–Kier alpha value is -2.96. The molecule has 6 nitrogen and oxygen atoms in total. The molecule has 4 rings (SSSR count). The van der Waals surface area contributed by atoms with Crippen LogP contribution in [0.5, 0.6) is 0 Å². The summed E-state index contributed by atoms with van der Waals surface area (Å²) in [7, 11) is 0. The third kappa shape index (κ3) is 4.70. The van der Waals surface area contributed by atoms with Gasteiger partial charge < -0.3 is 11.5 Å². The van der Waals surface area contributed by atoms with Crippen molar-refractivity contribution >= 4 is 46.4 Å². The van der Waals surface area contributed by atoms with E-state index < -0.39 is 0 Å². The lowest BCUT2D eigenvalue weighted by Crippen LogP contribution is -2.54. The number of aromatic nitrogens is 2. The average Bonchev–Trinajstić information content (AvgIpc) is 2.75. The van der Waals surface area contributed by atoms with Crippen molar-refractivity contribution < 1.29 is 0 Å². The standard InChI is InChI=1S/C24H27ClN6/c1-15-6-12-20-18(14-15)23(31(24(27)28)21-5-3-2-4-19(21)26)30-22(29-20)13-9-16-7-10-17(25)11-8-16/h6-14,19,21H,2-5,26H2,1H3,(H3,27,28)/t19-,21+/m1/s1. The van der Waals surface area contributed by atoms with Crippen molar-refractivity contribution in [2.75, 3.05) is 4.90 Å². The SMILES string of the molecule is Cc1ccc2nc(C=Cc3ccc(Cl)cc3)nc(N(C(=N)N)[C@H]3CCCC[C@H]3N)c2c1. The Morgan fingerprint density at radius 2 is 1.84 bits per heavy atom. The van der Waals surface area contributed by atoms with Crippen LogP contribution in [0.3, 0.4) is 0 Å². The Bertz CT molecular complexity index is 1120. The zero-order valence-corrected chi connectivity index (χ0v) is 18.3. The van der Waals surface area contributed by atoms with E-state index in [0.717, 1.165) is 47.7 Å². The molecule has 7 heteroatoms. The summed E-state index contributed by atoms with van der Waals surface area (Å²) >= 11 is 5.98. The van der Waals surface area contributed by atoms with Crippen LogP contribution in [0.2, 0.25) is 5.02 Å². The zero-order valence-electron chi connectivity index (χ0n) is 17.6. The summed E-state index contributed by atoms with van der Waals surface area (Å²) in [6.07, 6.45) is 7.77. The molecule has 1 heterocycles. The van der Waals surface area contributed by atoms with Crippen molar-refractivity contribution in [3.05, 3.63) is 64.4 Å². The van der Waals surface area contributed by atoms with Crippen molar-refractivity contribution in [3.63, 3.8) is 0 Å². The number of nitrogens with two attached hydrogens (primary N) is 2. The number of hydrogen-bond acceptors (Lipinski definition) is 4. The van der Waals surface area contributed by atoms with E-state index in [2.05, 4.69) is 0 Å². The van der Waals surface area contributed by atoms with Crippen LogP contribution in [0.1, 0.15) is 42.6 Å². The van der Waals surface area contributed by atoms with Crippen LogP contribution < -0.4 is 16.4 Å². The van der Waals surface area contributed by atoms with Gasteiger partial charge in [0.2, 0.25) is 0 Å². The molecule has 1 aliphatic carbocycles. The minimum Gasteiger partial charge on any atom is -0.370 e. The fourth-order valence-electron chi connectivity index (χ4n) is 4.16. The molecule has 0 aliphatic heterocycles. The van der Waals surface area contributed by atoms with Crippen molar-refractivity contribution in [1.82, 2.24) is 9.97 Å². The van der Waals surface area contributed by atoms with Crippen LogP contribution in [-0.2, 0) is 0 Å². The van der Waals surface area contributed by atoms with Gasteiger partial charge in [-0.25, -0.2) is 9.97 Å². The number of anilines is 1. The van der Waals surface area contributed by atoms with Crippen LogP contribution in [0, 0.1) is 12.3 Å². The van der Waals surface area contributed by atoms with E-state index in [1.807, 2.05) is 61.5 Å². The summed E-state index contributed by atoms with van der Waals surface area (Å²) in [5.41, 5.74) is 15.4. The highest BCUT2D eigenvalue weighted by atomic mass is 35.5. The molecule has 1 fully saturated rings. The van der Waals surface area contributed by atoms with Gasteiger partial charge >= 0.3 is 0 Å². The first-order chi connectivity index (χ1) is 14.9. The molecule has 5 N–H and O–H groups in total. The first-order valence-corrected chi connectivity index (χ1v) is 10.9. The molecule has 0 spiro atoms. The maximum atomic E-state index is 8.33. The van der Waals surface area contributed by atoms with Gasteiger partial charge in [-0.05, 0) is 55.7 Å². The minimum atomic E-state index is -0.0574. The maximum Gasteiger partial charge on any atom is 0.194 e. The van der Waals surface area contributed by atoms with Crippen LogP contribution >= 0.6 is 11.6 Å². The Kier molecular flexibility index (Phi) is 6.20. The molecule has 0 saturated heterocycles. The summed E-state index contributed by atoms with van der Waals surface area (Å²) in [5, 5.41) is 9.89. The van der Waals surface area contributed by atoms with E-state index in [-0.39, 0.29) is 18.0 Å². The van der Waals surface area contributed by atoms with Gasteiger partial charge in [0.15, 0.2) is 11.8 Å². The van der Waals surface area contributed by atoms with Crippen molar-refractivity contribution in [1.29, 1.82) is 5.41 Å². The molecular formula is C24H27ClN6. The van der Waals surface area contributed by atoms with Crippen LogP contribution in [0.25, 0.3) is 23.1 Å². The molecule has 0 amide bonds. The van der Waals surface area contributed by atoms with Gasteiger partial charge in [0.05, 0.1) is 11.6 Å². The lowest BCUT2D eigenvalue weighted by atomic mass is 9.89.